The lowest BCUT2D eigenvalue weighted by Gasteiger charge is -2.28. The van der Waals surface area contributed by atoms with Crippen molar-refractivity contribution in [3.05, 3.63) is 139 Å². The fraction of sp³-hybridized carbons (Fsp3) is 0.156. The molecule has 0 amide bonds. The summed E-state index contributed by atoms with van der Waals surface area (Å²) in [5.74, 6) is 3.44. The molecule has 2 aliphatic heterocycles. The summed E-state index contributed by atoms with van der Waals surface area (Å²) in [6.07, 6.45) is 0. The molecule has 2 unspecified atom stereocenters. The van der Waals surface area contributed by atoms with E-state index in [9.17, 15) is 15.6 Å². The number of benzene rings is 6. The average molecular weight is 921 g/mol. The van der Waals surface area contributed by atoms with E-state index in [4.69, 9.17) is 44.6 Å². The Morgan fingerprint density at radius 1 is 0.559 bits per heavy atom. The van der Waals surface area contributed by atoms with Crippen LogP contribution in [0.4, 0.5) is 0 Å². The summed E-state index contributed by atoms with van der Waals surface area (Å²) in [5, 5.41) is 33.0. The molecule has 59 heavy (non-hydrogen) atoms. The third-order valence-electron chi connectivity index (χ3n) is 10.2. The molecule has 0 bridgehead atoms. The van der Waals surface area contributed by atoms with Crippen molar-refractivity contribution in [2.45, 2.75) is 11.8 Å². The summed E-state index contributed by atoms with van der Waals surface area (Å²) in [7, 11) is 7.88. The molecule has 0 saturated carbocycles. The van der Waals surface area contributed by atoms with Crippen LogP contribution in [0, 0.1) is 22.7 Å². The zero-order valence-electron chi connectivity index (χ0n) is 32.3. The van der Waals surface area contributed by atoms with Gasteiger partial charge in [-0.1, -0.05) is 48.5 Å². The zero-order valence-corrected chi connectivity index (χ0v) is 35.5. The molecule has 0 radical (unpaired) electrons. The van der Waals surface area contributed by atoms with Crippen LogP contribution in [0.15, 0.2) is 117 Å². The van der Waals surface area contributed by atoms with Gasteiger partial charge in [-0.25, -0.2) is 0 Å². The van der Waals surface area contributed by atoms with Crippen molar-refractivity contribution in [2.75, 3.05) is 35.5 Å². The van der Waals surface area contributed by atoms with E-state index in [-0.39, 0.29) is 17.5 Å². The number of nitrogens with two attached hydrogens (primary N) is 2. The van der Waals surface area contributed by atoms with Crippen molar-refractivity contribution in [3.63, 3.8) is 0 Å². The lowest BCUT2D eigenvalue weighted by molar-refractivity contribution is 0.352. The number of methoxy groups -OCH3 is 5. The predicted octanol–water partition coefficient (Wildman–Crippen LogP) is 9.39. The number of phenolic OH excluding ortho intramolecular Hbond substituents is 1. The Hall–Kier alpha value is -6.74. The Kier molecular flexibility index (Phi) is 11.4. The first kappa shape index (κ1) is 40.5. The lowest BCUT2D eigenvalue weighted by Crippen LogP contribution is -2.21. The minimum absolute atomic E-state index is 0.0340. The first-order chi connectivity index (χ1) is 28.5. The molecule has 2 atom stereocenters. The van der Waals surface area contributed by atoms with Gasteiger partial charge in [0.2, 0.25) is 11.8 Å². The number of ether oxygens (including phenoxy) is 7. The maximum Gasteiger partial charge on any atom is 0.205 e. The summed E-state index contributed by atoms with van der Waals surface area (Å²) < 4.78 is 40.5. The largest absolute Gasteiger partial charge is 0.507 e. The summed E-state index contributed by atoms with van der Waals surface area (Å²) in [5.41, 5.74) is 16.2. The summed E-state index contributed by atoms with van der Waals surface area (Å²) in [4.78, 5) is 0. The second kappa shape index (κ2) is 16.6. The van der Waals surface area contributed by atoms with E-state index in [0.717, 1.165) is 38.8 Å². The van der Waals surface area contributed by atoms with E-state index in [1.165, 1.54) is 0 Å². The fourth-order valence-corrected chi connectivity index (χ4v) is 8.82. The van der Waals surface area contributed by atoms with Crippen LogP contribution >= 0.6 is 31.9 Å². The number of nitriles is 2. The molecule has 5 N–H and O–H groups in total. The maximum absolute atomic E-state index is 10.2. The van der Waals surface area contributed by atoms with Gasteiger partial charge in [0.25, 0.3) is 0 Å². The fourth-order valence-electron chi connectivity index (χ4n) is 7.58. The van der Waals surface area contributed by atoms with Gasteiger partial charge in [-0.3, -0.25) is 0 Å². The van der Waals surface area contributed by atoms with Crippen LogP contribution in [-0.4, -0.2) is 40.7 Å². The summed E-state index contributed by atoms with van der Waals surface area (Å²) in [6, 6.07) is 30.3. The van der Waals surface area contributed by atoms with Gasteiger partial charge >= 0.3 is 0 Å². The number of rotatable bonds is 7. The van der Waals surface area contributed by atoms with Crippen molar-refractivity contribution in [1.29, 1.82) is 10.5 Å². The Labute approximate surface area is 356 Å². The number of allylic oxidation sites excluding steroid dienone is 2. The number of aromatic hydroxyl groups is 1. The molecule has 0 fully saturated rings. The first-order valence-corrected chi connectivity index (χ1v) is 19.4. The van der Waals surface area contributed by atoms with Gasteiger partial charge in [0.15, 0.2) is 23.0 Å². The van der Waals surface area contributed by atoms with Crippen LogP contribution in [0.3, 0.4) is 0 Å². The number of hydrogen-bond donors (Lipinski definition) is 3. The highest BCUT2D eigenvalue weighted by molar-refractivity contribution is 9.11. The van der Waals surface area contributed by atoms with Crippen LogP contribution in [0.25, 0.3) is 21.5 Å². The molecule has 0 aliphatic carbocycles. The molecule has 6 aromatic carbocycles. The number of hydrogen-bond acceptors (Lipinski definition) is 12. The number of fused-ring (bicyclic) bond motifs is 6. The Balaban J connectivity index is 0.000000179. The topological polar surface area (TPSA) is 184 Å². The molecule has 8 rings (SSSR count). The SMILES string of the molecule is COc1cc(C2C(C#N)=C(N)Oc3c2ccc2c(O)cccc32)cc(Br)c1OC.COc1cc(C2C(C#N)=C(N)Oc3c2ccc2c(OC)cccc32)cc(Br)c1OC. The van der Waals surface area contributed by atoms with E-state index in [1.807, 2.05) is 72.8 Å². The molecule has 0 aromatic heterocycles. The van der Waals surface area contributed by atoms with Crippen molar-refractivity contribution in [2.24, 2.45) is 11.5 Å². The highest BCUT2D eigenvalue weighted by Crippen LogP contribution is 2.51. The molecule has 6 aromatic rings. The summed E-state index contributed by atoms with van der Waals surface area (Å²) >= 11 is 7.05. The van der Waals surface area contributed by atoms with Crippen LogP contribution in [0.1, 0.15) is 34.1 Å². The molecular weight excluding hydrogens is 884 g/mol. The summed E-state index contributed by atoms with van der Waals surface area (Å²) in [6.45, 7) is 0. The molecular formula is C45H36Br2N4O8. The minimum atomic E-state index is -0.466. The third kappa shape index (κ3) is 7.00. The standard InChI is InChI=1S/C23H19BrN2O4.C22H17BrN2O4/c1-27-18-6-4-5-14-13(18)7-8-15-20(16(11-25)23(26)30-21(14)15)12-9-17(24)22(29-3)19(10-12)28-2;1-27-18-9-11(8-16(23)21(18)28-2)19-14-7-6-12-13(4-3-5-17(12)26)20(14)29-22(25)15(19)10-24/h4-10,20H,26H2,1-3H3;3-9,19,26H,25H2,1-2H3. The van der Waals surface area contributed by atoms with Gasteiger partial charge in [-0.05, 0) is 79.4 Å². The normalized spacial score (nSPS) is 15.3. The molecule has 14 heteroatoms. The molecule has 12 nitrogen and oxygen atoms in total. The van der Waals surface area contributed by atoms with Gasteiger partial charge in [0.1, 0.15) is 46.3 Å². The van der Waals surface area contributed by atoms with Gasteiger partial charge in [0.05, 0.1) is 56.3 Å². The van der Waals surface area contributed by atoms with Gasteiger partial charge in [-0.2, -0.15) is 10.5 Å². The Bertz CT molecular complexity index is 2830. The van der Waals surface area contributed by atoms with Crippen LogP contribution in [0.2, 0.25) is 0 Å². The molecule has 0 spiro atoms. The number of nitrogens with zero attached hydrogens (tertiary/aromatic N) is 2. The number of halogens is 2. The molecule has 2 heterocycles. The quantitative estimate of drug-likeness (QED) is 0.138. The van der Waals surface area contributed by atoms with Crippen molar-refractivity contribution in [1.82, 2.24) is 0 Å². The van der Waals surface area contributed by atoms with E-state index >= 15 is 0 Å². The molecule has 298 valence electrons. The second-order valence-corrected chi connectivity index (χ2v) is 14.9. The molecule has 2 aliphatic rings. The van der Waals surface area contributed by atoms with Gasteiger partial charge in [-0.15, -0.1) is 0 Å². The van der Waals surface area contributed by atoms with Crippen LogP contribution in [0.5, 0.6) is 46.0 Å². The van der Waals surface area contributed by atoms with E-state index < -0.39 is 11.8 Å². The Morgan fingerprint density at radius 3 is 1.44 bits per heavy atom. The minimum Gasteiger partial charge on any atom is -0.507 e. The second-order valence-electron chi connectivity index (χ2n) is 13.2. The predicted molar refractivity (Wildman–Crippen MR) is 229 cm³/mol. The van der Waals surface area contributed by atoms with Gasteiger partial charge in [0, 0.05) is 32.7 Å². The lowest BCUT2D eigenvalue weighted by atomic mass is 9.82. The van der Waals surface area contributed by atoms with E-state index in [1.54, 1.807) is 47.7 Å². The third-order valence-corrected chi connectivity index (χ3v) is 11.4. The monoisotopic (exact) mass is 918 g/mol. The highest BCUT2D eigenvalue weighted by atomic mass is 79.9. The van der Waals surface area contributed by atoms with E-state index in [0.29, 0.717) is 65.4 Å². The van der Waals surface area contributed by atoms with E-state index in [2.05, 4.69) is 44.0 Å². The average Bonchev–Trinajstić information content (AvgIpc) is 3.24. The van der Waals surface area contributed by atoms with Crippen molar-refractivity contribution < 1.29 is 38.3 Å². The maximum atomic E-state index is 10.2. The van der Waals surface area contributed by atoms with Crippen molar-refractivity contribution in [3.8, 4) is 58.1 Å². The van der Waals surface area contributed by atoms with Crippen LogP contribution < -0.4 is 44.6 Å². The van der Waals surface area contributed by atoms with Crippen LogP contribution in [-0.2, 0) is 0 Å². The highest BCUT2D eigenvalue weighted by Gasteiger charge is 2.35. The smallest absolute Gasteiger partial charge is 0.205 e. The first-order valence-electron chi connectivity index (χ1n) is 17.9. The van der Waals surface area contributed by atoms with Crippen molar-refractivity contribution >= 4 is 53.4 Å². The molecule has 0 saturated heterocycles. The zero-order chi connectivity index (χ0) is 42.1. The number of phenols is 1. The van der Waals surface area contributed by atoms with Gasteiger partial charge < -0.3 is 49.7 Å². The Morgan fingerprint density at radius 2 is 1.00 bits per heavy atom.